The third kappa shape index (κ3) is 5.34. The first-order chi connectivity index (χ1) is 13.2. The quantitative estimate of drug-likeness (QED) is 0.751. The molecular weight excluding hydrogens is 338 g/mol. The van der Waals surface area contributed by atoms with Gasteiger partial charge in [-0.3, -0.25) is 4.79 Å². The number of ether oxygens (including phenoxy) is 1. The smallest absolute Gasteiger partial charge is 0.220 e. The summed E-state index contributed by atoms with van der Waals surface area (Å²) in [5.74, 6) is 2.50. The number of methoxy groups -OCH3 is 1. The molecule has 5 heteroatoms. The predicted octanol–water partition coefficient (Wildman–Crippen LogP) is 4.38. The molecule has 1 heterocycles. The van der Waals surface area contributed by atoms with Crippen LogP contribution < -0.4 is 10.1 Å². The summed E-state index contributed by atoms with van der Waals surface area (Å²) in [7, 11) is 3.60. The fraction of sp³-hybridized carbons (Fsp3) is 0.545. The van der Waals surface area contributed by atoms with Crippen LogP contribution in [-0.4, -0.2) is 22.6 Å². The zero-order valence-corrected chi connectivity index (χ0v) is 16.5. The van der Waals surface area contributed by atoms with Crippen LogP contribution in [0.25, 0.3) is 0 Å². The third-order valence-electron chi connectivity index (χ3n) is 5.59. The summed E-state index contributed by atoms with van der Waals surface area (Å²) in [6.45, 7) is 0. The molecule has 27 heavy (non-hydrogen) atoms. The average Bonchev–Trinajstić information content (AvgIpc) is 3.12. The van der Waals surface area contributed by atoms with E-state index in [1.807, 2.05) is 42.1 Å². The molecule has 1 atom stereocenters. The average molecular weight is 370 g/mol. The Labute approximate surface area is 162 Å². The minimum absolute atomic E-state index is 0.0848. The van der Waals surface area contributed by atoms with Crippen LogP contribution in [-0.2, 0) is 11.8 Å². The van der Waals surface area contributed by atoms with Crippen molar-refractivity contribution in [3.05, 3.63) is 48.0 Å². The van der Waals surface area contributed by atoms with Gasteiger partial charge in [0.05, 0.1) is 7.11 Å². The van der Waals surface area contributed by atoms with E-state index >= 15 is 0 Å². The van der Waals surface area contributed by atoms with Crippen LogP contribution in [0.2, 0.25) is 0 Å². The van der Waals surface area contributed by atoms with E-state index in [0.29, 0.717) is 6.42 Å². The molecule has 0 saturated heterocycles. The van der Waals surface area contributed by atoms with E-state index in [2.05, 4.69) is 10.3 Å². The molecule has 1 N–H and O–H groups in total. The van der Waals surface area contributed by atoms with Gasteiger partial charge in [0.25, 0.3) is 0 Å². The van der Waals surface area contributed by atoms with Crippen LogP contribution >= 0.6 is 0 Å². The van der Waals surface area contributed by atoms with Gasteiger partial charge in [-0.25, -0.2) is 4.98 Å². The van der Waals surface area contributed by atoms with E-state index in [1.54, 1.807) is 13.3 Å². The highest BCUT2D eigenvalue weighted by Crippen LogP contribution is 2.28. The molecule has 1 amide bonds. The Kier molecular flexibility index (Phi) is 6.91. The fourth-order valence-corrected chi connectivity index (χ4v) is 4.03. The Bertz CT molecular complexity index is 735. The Balaban J connectivity index is 1.64. The van der Waals surface area contributed by atoms with E-state index in [-0.39, 0.29) is 11.9 Å². The van der Waals surface area contributed by atoms with E-state index in [4.69, 9.17) is 4.74 Å². The van der Waals surface area contributed by atoms with Crippen LogP contribution in [0.1, 0.15) is 68.8 Å². The summed E-state index contributed by atoms with van der Waals surface area (Å²) in [5, 5.41) is 3.19. The number of hydrogen-bond acceptors (Lipinski definition) is 3. The van der Waals surface area contributed by atoms with Gasteiger partial charge < -0.3 is 14.6 Å². The highest BCUT2D eigenvalue weighted by atomic mass is 16.5. The Morgan fingerprint density at radius 1 is 1.33 bits per heavy atom. The monoisotopic (exact) mass is 369 g/mol. The van der Waals surface area contributed by atoms with E-state index in [9.17, 15) is 4.79 Å². The normalized spacial score (nSPS) is 16.1. The largest absolute Gasteiger partial charge is 0.497 e. The lowest BCUT2D eigenvalue weighted by Gasteiger charge is -2.22. The molecule has 1 aromatic heterocycles. The van der Waals surface area contributed by atoms with Gasteiger partial charge in [-0.1, -0.05) is 44.2 Å². The third-order valence-corrected chi connectivity index (χ3v) is 5.59. The van der Waals surface area contributed by atoms with Crippen molar-refractivity contribution in [2.45, 2.75) is 57.4 Å². The summed E-state index contributed by atoms with van der Waals surface area (Å²) in [5.41, 5.74) is 0.976. The van der Waals surface area contributed by atoms with Crippen molar-refractivity contribution in [3.63, 3.8) is 0 Å². The zero-order valence-electron chi connectivity index (χ0n) is 16.5. The molecule has 2 aromatic rings. The SMILES string of the molecule is COc1cccc(C(NC(=O)CCCC2CCCCC2)c2nccn2C)c1. The number of nitrogens with one attached hydrogen (secondary N) is 1. The van der Waals surface area contributed by atoms with Gasteiger partial charge in [0.1, 0.15) is 17.6 Å². The maximum Gasteiger partial charge on any atom is 0.220 e. The summed E-state index contributed by atoms with van der Waals surface area (Å²) in [4.78, 5) is 17.1. The molecule has 0 aliphatic heterocycles. The minimum atomic E-state index is -0.276. The molecular formula is C22H31N3O2. The lowest BCUT2D eigenvalue weighted by molar-refractivity contribution is -0.121. The molecule has 1 aliphatic carbocycles. The summed E-state index contributed by atoms with van der Waals surface area (Å²) >= 11 is 0. The molecule has 0 bridgehead atoms. The van der Waals surface area contributed by atoms with Gasteiger partial charge in [-0.05, 0) is 36.5 Å². The van der Waals surface area contributed by atoms with Crippen LogP contribution in [0.15, 0.2) is 36.7 Å². The molecule has 5 nitrogen and oxygen atoms in total. The van der Waals surface area contributed by atoms with Crippen LogP contribution in [0.3, 0.4) is 0 Å². The molecule has 1 unspecified atom stereocenters. The van der Waals surface area contributed by atoms with Crippen molar-refractivity contribution in [3.8, 4) is 5.75 Å². The van der Waals surface area contributed by atoms with Crippen molar-refractivity contribution < 1.29 is 9.53 Å². The lowest BCUT2D eigenvalue weighted by atomic mass is 9.86. The van der Waals surface area contributed by atoms with E-state index < -0.39 is 0 Å². The van der Waals surface area contributed by atoms with Gasteiger partial charge in [-0.15, -0.1) is 0 Å². The first kappa shape index (κ1) is 19.5. The highest BCUT2D eigenvalue weighted by Gasteiger charge is 2.21. The second-order valence-corrected chi connectivity index (χ2v) is 7.57. The molecule has 146 valence electrons. The van der Waals surface area contributed by atoms with E-state index in [1.165, 1.54) is 38.5 Å². The number of carbonyl (C=O) groups is 1. The highest BCUT2D eigenvalue weighted by molar-refractivity contribution is 5.76. The Morgan fingerprint density at radius 3 is 2.85 bits per heavy atom. The number of carbonyl (C=O) groups excluding carboxylic acids is 1. The summed E-state index contributed by atoms with van der Waals surface area (Å²) in [6, 6.07) is 7.54. The Hall–Kier alpha value is -2.30. The summed E-state index contributed by atoms with van der Waals surface area (Å²) < 4.78 is 7.30. The number of nitrogens with zero attached hydrogens (tertiary/aromatic N) is 2. The maximum absolute atomic E-state index is 12.7. The van der Waals surface area contributed by atoms with Crippen molar-refractivity contribution >= 4 is 5.91 Å². The number of amides is 1. The van der Waals surface area contributed by atoms with Crippen LogP contribution in [0.4, 0.5) is 0 Å². The molecule has 3 rings (SSSR count). The van der Waals surface area contributed by atoms with Crippen molar-refractivity contribution in [2.75, 3.05) is 7.11 Å². The molecule has 0 spiro atoms. The molecule has 1 aromatic carbocycles. The van der Waals surface area contributed by atoms with Crippen LogP contribution in [0, 0.1) is 5.92 Å². The second-order valence-electron chi connectivity index (χ2n) is 7.57. The minimum Gasteiger partial charge on any atom is -0.497 e. The predicted molar refractivity (Wildman–Crippen MR) is 107 cm³/mol. The molecule has 1 aliphatic rings. The number of rotatable bonds is 8. The standard InChI is InChI=1S/C22H31N3O2/c1-25-15-14-23-22(25)21(18-11-7-12-19(16-18)27-2)24-20(26)13-6-10-17-8-4-3-5-9-17/h7,11-12,14-17,21H,3-6,8-10,13H2,1-2H3,(H,24,26). The first-order valence-electron chi connectivity index (χ1n) is 10.1. The molecule has 1 fully saturated rings. The number of hydrogen-bond donors (Lipinski definition) is 1. The van der Waals surface area contributed by atoms with Gasteiger partial charge in [0, 0.05) is 25.9 Å². The first-order valence-corrected chi connectivity index (χ1v) is 10.1. The molecule has 1 saturated carbocycles. The number of aryl methyl sites for hydroxylation is 1. The maximum atomic E-state index is 12.7. The topological polar surface area (TPSA) is 56.1 Å². The number of imidazole rings is 1. The van der Waals surface area contributed by atoms with Gasteiger partial charge in [0.2, 0.25) is 5.91 Å². The van der Waals surface area contributed by atoms with Crippen molar-refractivity contribution in [1.29, 1.82) is 0 Å². The van der Waals surface area contributed by atoms with Gasteiger partial charge >= 0.3 is 0 Å². The van der Waals surface area contributed by atoms with E-state index in [0.717, 1.165) is 29.5 Å². The lowest BCUT2D eigenvalue weighted by Crippen LogP contribution is -2.31. The Morgan fingerprint density at radius 2 is 2.15 bits per heavy atom. The van der Waals surface area contributed by atoms with Gasteiger partial charge in [-0.2, -0.15) is 0 Å². The van der Waals surface area contributed by atoms with Crippen LogP contribution in [0.5, 0.6) is 5.75 Å². The molecule has 0 radical (unpaired) electrons. The van der Waals surface area contributed by atoms with Crippen molar-refractivity contribution in [1.82, 2.24) is 14.9 Å². The summed E-state index contributed by atoms with van der Waals surface area (Å²) in [6.07, 6.45) is 13.1. The number of aromatic nitrogens is 2. The second kappa shape index (κ2) is 9.58. The number of benzene rings is 1. The fourth-order valence-electron chi connectivity index (χ4n) is 4.03. The van der Waals surface area contributed by atoms with Gasteiger partial charge in [0.15, 0.2) is 0 Å². The zero-order chi connectivity index (χ0) is 19.1. The van der Waals surface area contributed by atoms with Crippen molar-refractivity contribution in [2.24, 2.45) is 13.0 Å².